The number of nitrogens with one attached hydrogen (secondary N) is 1. The van der Waals surface area contributed by atoms with Gasteiger partial charge in [-0.25, -0.2) is 0 Å². The van der Waals surface area contributed by atoms with E-state index in [1.807, 2.05) is 59.5 Å². The van der Waals surface area contributed by atoms with Gasteiger partial charge in [0.2, 0.25) is 11.8 Å². The van der Waals surface area contributed by atoms with Crippen LogP contribution in [0.25, 0.3) is 21.7 Å². The number of nitrogens with zero attached hydrogens (tertiary/aromatic N) is 2. The van der Waals surface area contributed by atoms with E-state index in [9.17, 15) is 9.59 Å². The monoisotopic (exact) mass is 501 g/mol. The highest BCUT2D eigenvalue weighted by Crippen LogP contribution is 2.44. The molecule has 1 N–H and O–H groups in total. The first-order valence-electron chi connectivity index (χ1n) is 12.9. The van der Waals surface area contributed by atoms with E-state index in [-0.39, 0.29) is 24.4 Å². The number of carbonyl (C=O) groups is 2. The van der Waals surface area contributed by atoms with Gasteiger partial charge in [-0.2, -0.15) is 0 Å². The Balaban J connectivity index is 1.36. The summed E-state index contributed by atoms with van der Waals surface area (Å²) in [5, 5.41) is 3.31. The molecule has 1 saturated heterocycles. The molecule has 0 spiro atoms. The third-order valence-corrected chi connectivity index (χ3v) is 7.97. The molecule has 1 aromatic heterocycles. The molecule has 2 amide bonds. The number of hydrogen-bond donors (Lipinski definition) is 1. The molecule has 6 nitrogen and oxygen atoms in total. The third-order valence-electron chi connectivity index (χ3n) is 7.97. The SMILES string of the molecule is COc1cccc(CN2CC(=O)N3C(c4cccc5ccccc45)c4[nH]c5ccccc5c4C[C@@H]3C2=O)c1. The molecule has 188 valence electrons. The first-order valence-corrected chi connectivity index (χ1v) is 12.9. The number of ether oxygens (including phenoxy) is 1. The number of aromatic amines is 1. The van der Waals surface area contributed by atoms with E-state index >= 15 is 0 Å². The summed E-state index contributed by atoms with van der Waals surface area (Å²) in [6.07, 6.45) is 0.486. The first kappa shape index (κ1) is 22.6. The lowest BCUT2D eigenvalue weighted by molar-refractivity contribution is -0.159. The summed E-state index contributed by atoms with van der Waals surface area (Å²) in [6.45, 7) is 0.412. The topological polar surface area (TPSA) is 65.6 Å². The van der Waals surface area contributed by atoms with Crippen molar-refractivity contribution in [3.05, 3.63) is 113 Å². The number of benzene rings is 4. The second-order valence-corrected chi connectivity index (χ2v) is 10.1. The van der Waals surface area contributed by atoms with Crippen molar-refractivity contribution in [1.29, 1.82) is 0 Å². The van der Waals surface area contributed by atoms with E-state index in [1.54, 1.807) is 12.0 Å². The fraction of sp³-hybridized carbons (Fsp3) is 0.188. The summed E-state index contributed by atoms with van der Waals surface area (Å²) in [5.41, 5.74) is 5.11. The normalized spacial score (nSPS) is 19.1. The van der Waals surface area contributed by atoms with Crippen molar-refractivity contribution < 1.29 is 14.3 Å². The Kier molecular flexibility index (Phi) is 5.22. The van der Waals surface area contributed by atoms with Crippen LogP contribution in [0.2, 0.25) is 0 Å². The summed E-state index contributed by atoms with van der Waals surface area (Å²) in [6, 6.07) is 29.4. The number of hydrogen-bond acceptors (Lipinski definition) is 3. The molecule has 2 aliphatic rings. The lowest BCUT2D eigenvalue weighted by Crippen LogP contribution is -2.62. The lowest BCUT2D eigenvalue weighted by atomic mass is 9.84. The Bertz CT molecular complexity index is 1720. The van der Waals surface area contributed by atoms with Crippen LogP contribution in [0.15, 0.2) is 91.0 Å². The molecule has 38 heavy (non-hydrogen) atoms. The first-order chi connectivity index (χ1) is 18.6. The maximum Gasteiger partial charge on any atom is 0.246 e. The van der Waals surface area contributed by atoms with Crippen molar-refractivity contribution in [2.45, 2.75) is 25.0 Å². The van der Waals surface area contributed by atoms with E-state index in [0.29, 0.717) is 13.0 Å². The number of para-hydroxylation sites is 1. The standard InChI is InChI=1S/C32H27N3O3/c1-38-22-11-6-8-20(16-22)18-34-19-29(36)35-28(32(34)37)17-26-24-13-4-5-15-27(24)33-30(26)31(35)25-14-7-10-21-9-2-3-12-23(21)25/h2-16,28,31,33H,17-19H2,1H3/t28-,31?/m1/s1. The quantitative estimate of drug-likeness (QED) is 0.368. The van der Waals surface area contributed by atoms with Crippen LogP contribution >= 0.6 is 0 Å². The fourth-order valence-corrected chi connectivity index (χ4v) is 6.26. The number of H-pyrrole nitrogens is 1. The maximum absolute atomic E-state index is 14.1. The molecular formula is C32H27N3O3. The Morgan fingerprint density at radius 2 is 1.66 bits per heavy atom. The third kappa shape index (κ3) is 3.48. The zero-order valence-electron chi connectivity index (χ0n) is 21.1. The zero-order chi connectivity index (χ0) is 25.8. The van der Waals surface area contributed by atoms with E-state index in [1.165, 1.54) is 0 Å². The zero-order valence-corrected chi connectivity index (χ0v) is 21.1. The van der Waals surface area contributed by atoms with Gasteiger partial charge in [0.15, 0.2) is 0 Å². The van der Waals surface area contributed by atoms with E-state index < -0.39 is 6.04 Å². The molecular weight excluding hydrogens is 474 g/mol. The minimum absolute atomic E-state index is 0.0198. The molecule has 0 bridgehead atoms. The number of rotatable bonds is 4. The van der Waals surface area contributed by atoms with Crippen LogP contribution in [0, 0.1) is 0 Å². The second-order valence-electron chi connectivity index (χ2n) is 10.1. The van der Waals surface area contributed by atoms with Gasteiger partial charge in [0.05, 0.1) is 13.2 Å². The summed E-state index contributed by atoms with van der Waals surface area (Å²) in [4.78, 5) is 35.2. The van der Waals surface area contributed by atoms with Gasteiger partial charge < -0.3 is 19.5 Å². The number of methoxy groups -OCH3 is 1. The molecule has 1 unspecified atom stereocenters. The van der Waals surface area contributed by atoms with Crippen LogP contribution in [0.3, 0.4) is 0 Å². The predicted octanol–water partition coefficient (Wildman–Crippen LogP) is 5.21. The number of piperazine rings is 1. The number of aromatic nitrogens is 1. The lowest BCUT2D eigenvalue weighted by Gasteiger charge is -2.47. The summed E-state index contributed by atoms with van der Waals surface area (Å²) >= 11 is 0. The fourth-order valence-electron chi connectivity index (χ4n) is 6.26. The van der Waals surface area contributed by atoms with Crippen LogP contribution in [-0.4, -0.2) is 46.3 Å². The Labute approximate surface area is 220 Å². The molecule has 7 rings (SSSR count). The van der Waals surface area contributed by atoms with Crippen molar-refractivity contribution >= 4 is 33.5 Å². The Hall–Kier alpha value is -4.58. The summed E-state index contributed by atoms with van der Waals surface area (Å²) in [7, 11) is 1.63. The molecule has 0 saturated carbocycles. The van der Waals surface area contributed by atoms with Crippen LogP contribution in [-0.2, 0) is 22.6 Å². The largest absolute Gasteiger partial charge is 0.497 e. The van der Waals surface area contributed by atoms with Gasteiger partial charge in [0.25, 0.3) is 0 Å². The minimum atomic E-state index is -0.572. The van der Waals surface area contributed by atoms with Crippen LogP contribution in [0.5, 0.6) is 5.75 Å². The summed E-state index contributed by atoms with van der Waals surface area (Å²) in [5.74, 6) is 0.672. The second kappa shape index (κ2) is 8.77. The molecule has 6 heteroatoms. The highest BCUT2D eigenvalue weighted by atomic mass is 16.5. The molecule has 5 aromatic rings. The number of carbonyl (C=O) groups excluding carboxylic acids is 2. The van der Waals surface area contributed by atoms with E-state index in [4.69, 9.17) is 4.74 Å². The van der Waals surface area contributed by atoms with E-state index in [2.05, 4.69) is 41.4 Å². The highest BCUT2D eigenvalue weighted by molar-refractivity contribution is 5.98. The van der Waals surface area contributed by atoms with Gasteiger partial charge >= 0.3 is 0 Å². The van der Waals surface area contributed by atoms with Crippen LogP contribution < -0.4 is 4.74 Å². The molecule has 0 aliphatic carbocycles. The van der Waals surface area contributed by atoms with Gasteiger partial charge in [0.1, 0.15) is 18.3 Å². The predicted molar refractivity (Wildman–Crippen MR) is 147 cm³/mol. The number of fused-ring (bicyclic) bond motifs is 5. The van der Waals surface area contributed by atoms with Gasteiger partial charge in [-0.1, -0.05) is 72.8 Å². The van der Waals surface area contributed by atoms with Gasteiger partial charge in [-0.15, -0.1) is 0 Å². The van der Waals surface area contributed by atoms with Crippen LogP contribution in [0.4, 0.5) is 0 Å². The van der Waals surface area contributed by atoms with Crippen molar-refractivity contribution in [3.8, 4) is 5.75 Å². The molecule has 3 heterocycles. The van der Waals surface area contributed by atoms with Crippen molar-refractivity contribution in [2.75, 3.05) is 13.7 Å². The molecule has 0 radical (unpaired) electrons. The van der Waals surface area contributed by atoms with Crippen molar-refractivity contribution in [3.63, 3.8) is 0 Å². The van der Waals surface area contributed by atoms with Gasteiger partial charge in [-0.3, -0.25) is 9.59 Å². The maximum atomic E-state index is 14.1. The average Bonchev–Trinajstić information content (AvgIpc) is 3.33. The van der Waals surface area contributed by atoms with Gasteiger partial charge in [-0.05, 0) is 45.7 Å². The molecule has 2 atom stereocenters. The van der Waals surface area contributed by atoms with E-state index in [0.717, 1.165) is 49.8 Å². The Morgan fingerprint density at radius 1 is 0.895 bits per heavy atom. The van der Waals surface area contributed by atoms with Crippen molar-refractivity contribution in [1.82, 2.24) is 14.8 Å². The average molecular weight is 502 g/mol. The minimum Gasteiger partial charge on any atom is -0.497 e. The molecule has 4 aromatic carbocycles. The van der Waals surface area contributed by atoms with Gasteiger partial charge in [0, 0.05) is 29.6 Å². The highest BCUT2D eigenvalue weighted by Gasteiger charge is 2.48. The van der Waals surface area contributed by atoms with Crippen molar-refractivity contribution in [2.24, 2.45) is 0 Å². The Morgan fingerprint density at radius 3 is 2.53 bits per heavy atom. The van der Waals surface area contributed by atoms with Crippen LogP contribution in [0.1, 0.15) is 28.4 Å². The molecule has 1 fully saturated rings. The smallest absolute Gasteiger partial charge is 0.246 e. The number of amides is 2. The summed E-state index contributed by atoms with van der Waals surface area (Å²) < 4.78 is 5.37. The molecule has 2 aliphatic heterocycles.